The van der Waals surface area contributed by atoms with Crippen molar-refractivity contribution in [2.75, 3.05) is 20.2 Å². The molecule has 7 heteroatoms. The van der Waals surface area contributed by atoms with E-state index in [1.807, 2.05) is 0 Å². The molecule has 0 radical (unpaired) electrons. The van der Waals surface area contributed by atoms with Crippen molar-refractivity contribution in [3.8, 4) is 0 Å². The molecule has 0 bridgehead atoms. The molecule has 21 heavy (non-hydrogen) atoms. The molecule has 1 aromatic carbocycles. The second kappa shape index (κ2) is 6.51. The summed E-state index contributed by atoms with van der Waals surface area (Å²) in [4.78, 5) is 24.8. The van der Waals surface area contributed by atoms with Crippen molar-refractivity contribution in [2.24, 2.45) is 0 Å². The van der Waals surface area contributed by atoms with Gasteiger partial charge < -0.3 is 15.0 Å². The van der Waals surface area contributed by atoms with Crippen LogP contribution in [0.1, 0.15) is 23.2 Å². The molecule has 0 aromatic heterocycles. The zero-order valence-electron chi connectivity index (χ0n) is 11.6. The fourth-order valence-electron chi connectivity index (χ4n) is 2.27. The molecule has 1 aromatic rings. The van der Waals surface area contributed by atoms with Gasteiger partial charge in [0.1, 0.15) is 11.6 Å². The van der Waals surface area contributed by atoms with Crippen LogP contribution < -0.4 is 5.32 Å². The Bertz CT molecular complexity index is 543. The standard InChI is InChI=1S/C14H16F2N2O3/c1-21-14(20)18-6-4-10(5-7-18)17-13(19)11-3-2-9(15)8-12(11)16/h2-3,8,10H,4-7H2,1H3,(H,17,19). The first-order valence-corrected chi connectivity index (χ1v) is 6.60. The van der Waals surface area contributed by atoms with Crippen LogP contribution in [-0.2, 0) is 4.74 Å². The van der Waals surface area contributed by atoms with Gasteiger partial charge in [-0.2, -0.15) is 0 Å². The fourth-order valence-corrected chi connectivity index (χ4v) is 2.27. The summed E-state index contributed by atoms with van der Waals surface area (Å²) >= 11 is 0. The predicted octanol–water partition coefficient (Wildman–Crippen LogP) is 1.93. The molecule has 1 saturated heterocycles. The van der Waals surface area contributed by atoms with Gasteiger partial charge in [-0.05, 0) is 25.0 Å². The quantitative estimate of drug-likeness (QED) is 0.907. The Hall–Kier alpha value is -2.18. The number of hydrogen-bond acceptors (Lipinski definition) is 3. The molecular formula is C14H16F2N2O3. The molecule has 1 aliphatic heterocycles. The zero-order valence-corrected chi connectivity index (χ0v) is 11.6. The summed E-state index contributed by atoms with van der Waals surface area (Å²) in [5.74, 6) is -2.20. The van der Waals surface area contributed by atoms with Crippen molar-refractivity contribution in [1.29, 1.82) is 0 Å². The van der Waals surface area contributed by atoms with Gasteiger partial charge in [-0.3, -0.25) is 4.79 Å². The summed E-state index contributed by atoms with van der Waals surface area (Å²) in [7, 11) is 1.31. The van der Waals surface area contributed by atoms with Crippen LogP contribution in [0.5, 0.6) is 0 Å². The van der Waals surface area contributed by atoms with E-state index in [1.165, 1.54) is 7.11 Å². The molecule has 0 atom stereocenters. The number of rotatable bonds is 2. The maximum absolute atomic E-state index is 13.5. The predicted molar refractivity (Wildman–Crippen MR) is 70.8 cm³/mol. The lowest BCUT2D eigenvalue weighted by atomic mass is 10.0. The molecule has 2 amide bonds. The van der Waals surface area contributed by atoms with Crippen molar-refractivity contribution in [3.63, 3.8) is 0 Å². The van der Waals surface area contributed by atoms with Gasteiger partial charge in [0.15, 0.2) is 0 Å². The number of methoxy groups -OCH3 is 1. The minimum atomic E-state index is -0.889. The van der Waals surface area contributed by atoms with E-state index in [-0.39, 0.29) is 11.6 Å². The van der Waals surface area contributed by atoms with E-state index in [9.17, 15) is 18.4 Å². The highest BCUT2D eigenvalue weighted by Crippen LogP contribution is 2.14. The summed E-state index contributed by atoms with van der Waals surface area (Å²) in [6, 6.07) is 2.68. The number of carbonyl (C=O) groups is 2. The van der Waals surface area contributed by atoms with Crippen LogP contribution >= 0.6 is 0 Å². The molecule has 0 aliphatic carbocycles. The number of nitrogens with one attached hydrogen (secondary N) is 1. The van der Waals surface area contributed by atoms with Crippen molar-refractivity contribution in [3.05, 3.63) is 35.4 Å². The van der Waals surface area contributed by atoms with Crippen LogP contribution in [0.3, 0.4) is 0 Å². The van der Waals surface area contributed by atoms with Crippen LogP contribution in [0.25, 0.3) is 0 Å². The monoisotopic (exact) mass is 298 g/mol. The molecule has 2 rings (SSSR count). The highest BCUT2D eigenvalue weighted by Gasteiger charge is 2.25. The average Bonchev–Trinajstić information content (AvgIpc) is 2.47. The zero-order chi connectivity index (χ0) is 15.4. The van der Waals surface area contributed by atoms with E-state index in [0.29, 0.717) is 32.0 Å². The van der Waals surface area contributed by atoms with Gasteiger partial charge in [0, 0.05) is 25.2 Å². The minimum absolute atomic E-state index is 0.150. The third-order valence-corrected chi connectivity index (χ3v) is 3.44. The molecule has 1 fully saturated rings. The first-order valence-electron chi connectivity index (χ1n) is 6.60. The first kappa shape index (κ1) is 15.2. The van der Waals surface area contributed by atoms with Crippen molar-refractivity contribution in [2.45, 2.75) is 18.9 Å². The van der Waals surface area contributed by atoms with E-state index in [2.05, 4.69) is 10.1 Å². The van der Waals surface area contributed by atoms with Gasteiger partial charge in [-0.1, -0.05) is 0 Å². The minimum Gasteiger partial charge on any atom is -0.453 e. The molecule has 1 heterocycles. The Labute approximate surface area is 120 Å². The fraction of sp³-hybridized carbons (Fsp3) is 0.429. The van der Waals surface area contributed by atoms with E-state index in [4.69, 9.17) is 0 Å². The average molecular weight is 298 g/mol. The number of nitrogens with zero attached hydrogens (tertiary/aromatic N) is 1. The van der Waals surface area contributed by atoms with Crippen LogP contribution in [-0.4, -0.2) is 43.1 Å². The van der Waals surface area contributed by atoms with Crippen molar-refractivity contribution >= 4 is 12.0 Å². The SMILES string of the molecule is COC(=O)N1CCC(NC(=O)c2ccc(F)cc2F)CC1. The molecular weight excluding hydrogens is 282 g/mol. The second-order valence-electron chi connectivity index (χ2n) is 4.83. The third-order valence-electron chi connectivity index (χ3n) is 3.44. The second-order valence-corrected chi connectivity index (χ2v) is 4.83. The van der Waals surface area contributed by atoms with Gasteiger partial charge in [-0.25, -0.2) is 13.6 Å². The van der Waals surface area contributed by atoms with Crippen molar-refractivity contribution in [1.82, 2.24) is 10.2 Å². The molecule has 1 N–H and O–H groups in total. The lowest BCUT2D eigenvalue weighted by Crippen LogP contribution is -2.46. The Morgan fingerprint density at radius 3 is 2.52 bits per heavy atom. The number of carbonyl (C=O) groups excluding carboxylic acids is 2. The van der Waals surface area contributed by atoms with E-state index in [0.717, 1.165) is 12.1 Å². The molecule has 114 valence electrons. The summed E-state index contributed by atoms with van der Waals surface area (Å²) in [6.45, 7) is 0.924. The van der Waals surface area contributed by atoms with Gasteiger partial charge in [0.25, 0.3) is 5.91 Å². The lowest BCUT2D eigenvalue weighted by Gasteiger charge is -2.31. The largest absolute Gasteiger partial charge is 0.453 e. The lowest BCUT2D eigenvalue weighted by molar-refractivity contribution is 0.0888. The van der Waals surface area contributed by atoms with Gasteiger partial charge in [0.2, 0.25) is 0 Å². The van der Waals surface area contributed by atoms with Crippen LogP contribution in [0, 0.1) is 11.6 Å². The number of likely N-dealkylation sites (tertiary alicyclic amines) is 1. The molecule has 1 aliphatic rings. The summed E-state index contributed by atoms with van der Waals surface area (Å²) < 4.78 is 30.9. The highest BCUT2D eigenvalue weighted by molar-refractivity contribution is 5.94. The van der Waals surface area contributed by atoms with Gasteiger partial charge >= 0.3 is 6.09 Å². The van der Waals surface area contributed by atoms with Crippen LogP contribution in [0.15, 0.2) is 18.2 Å². The smallest absolute Gasteiger partial charge is 0.409 e. The van der Waals surface area contributed by atoms with Gasteiger partial charge in [-0.15, -0.1) is 0 Å². The number of benzene rings is 1. The van der Waals surface area contributed by atoms with E-state index in [1.54, 1.807) is 4.90 Å². The maximum atomic E-state index is 13.5. The number of hydrogen-bond donors (Lipinski definition) is 1. The normalized spacial score (nSPS) is 15.7. The third kappa shape index (κ3) is 3.68. The number of piperidine rings is 1. The molecule has 0 spiro atoms. The summed E-state index contributed by atoms with van der Waals surface area (Å²) in [5, 5.41) is 2.69. The van der Waals surface area contributed by atoms with Crippen molar-refractivity contribution < 1.29 is 23.1 Å². The topological polar surface area (TPSA) is 58.6 Å². The summed E-state index contributed by atoms with van der Waals surface area (Å²) in [6.07, 6.45) is 0.720. The number of ether oxygens (including phenoxy) is 1. The molecule has 5 nitrogen and oxygen atoms in total. The van der Waals surface area contributed by atoms with E-state index >= 15 is 0 Å². The highest BCUT2D eigenvalue weighted by atomic mass is 19.1. The van der Waals surface area contributed by atoms with Crippen LogP contribution in [0.2, 0.25) is 0 Å². The Morgan fingerprint density at radius 2 is 1.95 bits per heavy atom. The van der Waals surface area contributed by atoms with Crippen LogP contribution in [0.4, 0.5) is 13.6 Å². The van der Waals surface area contributed by atoms with E-state index < -0.39 is 23.6 Å². The number of amides is 2. The molecule has 0 saturated carbocycles. The Morgan fingerprint density at radius 1 is 1.29 bits per heavy atom. The number of halogens is 2. The molecule has 0 unspecified atom stereocenters. The first-order chi connectivity index (χ1) is 10.0. The van der Waals surface area contributed by atoms with Gasteiger partial charge in [0.05, 0.1) is 12.7 Å². The Kier molecular flexibility index (Phi) is 4.72. The Balaban J connectivity index is 1.91. The summed E-state index contributed by atoms with van der Waals surface area (Å²) in [5.41, 5.74) is -0.188. The maximum Gasteiger partial charge on any atom is 0.409 e.